The summed E-state index contributed by atoms with van der Waals surface area (Å²) in [5.41, 5.74) is 2.06. The van der Waals surface area contributed by atoms with Gasteiger partial charge in [-0.2, -0.15) is 0 Å². The molecule has 0 bridgehead atoms. The Morgan fingerprint density at radius 1 is 1.15 bits per heavy atom. The molecule has 0 saturated carbocycles. The van der Waals surface area contributed by atoms with E-state index in [1.165, 1.54) is 0 Å². The normalized spacial score (nSPS) is 10.4. The fourth-order valence-electron chi connectivity index (χ4n) is 2.50. The van der Waals surface area contributed by atoms with Crippen LogP contribution in [0.25, 0.3) is 11.3 Å². The molecule has 0 aliphatic carbocycles. The van der Waals surface area contributed by atoms with Crippen LogP contribution in [-0.4, -0.2) is 24.8 Å². The number of para-hydroxylation sites is 2. The highest BCUT2D eigenvalue weighted by Crippen LogP contribution is 2.25. The smallest absolute Gasteiger partial charge is 0.230 e. The summed E-state index contributed by atoms with van der Waals surface area (Å²) in [5.74, 6) is 1.82. The van der Waals surface area contributed by atoms with Gasteiger partial charge in [0.25, 0.3) is 0 Å². The van der Waals surface area contributed by atoms with Gasteiger partial charge in [-0.3, -0.25) is 4.79 Å². The van der Waals surface area contributed by atoms with Crippen molar-refractivity contribution >= 4 is 11.6 Å². The zero-order chi connectivity index (χ0) is 18.4. The molecule has 2 aromatic carbocycles. The van der Waals surface area contributed by atoms with Gasteiger partial charge >= 0.3 is 0 Å². The maximum Gasteiger partial charge on any atom is 0.230 e. The van der Waals surface area contributed by atoms with Gasteiger partial charge in [-0.05, 0) is 43.3 Å². The lowest BCUT2D eigenvalue weighted by Crippen LogP contribution is -2.15. The number of amides is 1. The predicted octanol–water partition coefficient (Wildman–Crippen LogP) is 3.93. The molecule has 6 nitrogen and oxygen atoms in total. The van der Waals surface area contributed by atoms with Gasteiger partial charge in [0, 0.05) is 11.6 Å². The van der Waals surface area contributed by atoms with Gasteiger partial charge in [0.15, 0.2) is 5.76 Å². The summed E-state index contributed by atoms with van der Waals surface area (Å²) in [7, 11) is 1.61. The third kappa shape index (κ3) is 4.22. The molecule has 0 aliphatic heterocycles. The fraction of sp³-hybridized carbons (Fsp3) is 0.200. The molecule has 1 N–H and O–H groups in total. The van der Waals surface area contributed by atoms with E-state index in [0.29, 0.717) is 29.5 Å². The average molecular weight is 352 g/mol. The highest BCUT2D eigenvalue weighted by molar-refractivity contribution is 5.93. The van der Waals surface area contributed by atoms with E-state index in [1.807, 2.05) is 49.4 Å². The van der Waals surface area contributed by atoms with E-state index < -0.39 is 0 Å². The number of hydrogen-bond acceptors (Lipinski definition) is 5. The van der Waals surface area contributed by atoms with E-state index in [9.17, 15) is 4.79 Å². The molecule has 0 saturated heterocycles. The van der Waals surface area contributed by atoms with E-state index in [1.54, 1.807) is 19.2 Å². The number of carbonyl (C=O) groups is 1. The molecule has 1 aromatic heterocycles. The molecule has 0 radical (unpaired) electrons. The maximum atomic E-state index is 12.3. The maximum absolute atomic E-state index is 12.3. The molecule has 26 heavy (non-hydrogen) atoms. The monoisotopic (exact) mass is 352 g/mol. The molecule has 3 aromatic rings. The summed E-state index contributed by atoms with van der Waals surface area (Å²) >= 11 is 0. The topological polar surface area (TPSA) is 73.6 Å². The average Bonchev–Trinajstić information content (AvgIpc) is 3.12. The number of ether oxygens (including phenoxy) is 2. The Bertz CT molecular complexity index is 872. The Labute approximate surface area is 151 Å². The van der Waals surface area contributed by atoms with Gasteiger partial charge in [-0.1, -0.05) is 17.3 Å². The first-order valence-corrected chi connectivity index (χ1v) is 8.31. The highest BCUT2D eigenvalue weighted by atomic mass is 16.5. The van der Waals surface area contributed by atoms with Crippen LogP contribution >= 0.6 is 0 Å². The largest absolute Gasteiger partial charge is 0.497 e. The second-order valence-electron chi connectivity index (χ2n) is 5.57. The van der Waals surface area contributed by atoms with Gasteiger partial charge in [0.05, 0.1) is 31.5 Å². The number of hydrogen-bond donors (Lipinski definition) is 1. The highest BCUT2D eigenvalue weighted by Gasteiger charge is 2.12. The molecule has 0 aliphatic rings. The number of benzene rings is 2. The minimum Gasteiger partial charge on any atom is -0.497 e. The molecular weight excluding hydrogens is 332 g/mol. The predicted molar refractivity (Wildman–Crippen MR) is 98.4 cm³/mol. The third-order valence-corrected chi connectivity index (χ3v) is 3.74. The van der Waals surface area contributed by atoms with Crippen LogP contribution in [0.5, 0.6) is 11.5 Å². The molecule has 0 spiro atoms. The Hall–Kier alpha value is -3.28. The Kier molecular flexibility index (Phi) is 5.53. The van der Waals surface area contributed by atoms with E-state index in [0.717, 1.165) is 11.3 Å². The number of carbonyl (C=O) groups excluding carboxylic acids is 1. The van der Waals surface area contributed by atoms with Gasteiger partial charge in [0.1, 0.15) is 11.5 Å². The van der Waals surface area contributed by atoms with E-state index in [4.69, 9.17) is 14.0 Å². The molecule has 1 heterocycles. The molecule has 1 amide bonds. The van der Waals surface area contributed by atoms with E-state index in [2.05, 4.69) is 10.5 Å². The lowest BCUT2D eigenvalue weighted by Gasteiger charge is -2.10. The van der Waals surface area contributed by atoms with Crippen LogP contribution in [0, 0.1) is 0 Å². The van der Waals surface area contributed by atoms with Crippen molar-refractivity contribution in [3.05, 3.63) is 60.3 Å². The lowest BCUT2D eigenvalue weighted by atomic mass is 10.1. The first kappa shape index (κ1) is 17.5. The molecular formula is C20H20N2O4. The van der Waals surface area contributed by atoms with Crippen molar-refractivity contribution in [2.75, 3.05) is 19.0 Å². The quantitative estimate of drug-likeness (QED) is 0.697. The van der Waals surface area contributed by atoms with Crippen LogP contribution in [-0.2, 0) is 11.2 Å². The Morgan fingerprint density at radius 3 is 2.65 bits per heavy atom. The van der Waals surface area contributed by atoms with Crippen LogP contribution in [0.2, 0.25) is 0 Å². The number of nitrogens with zero attached hydrogens (tertiary/aromatic N) is 1. The zero-order valence-electron chi connectivity index (χ0n) is 14.7. The van der Waals surface area contributed by atoms with Crippen LogP contribution in [0.4, 0.5) is 5.69 Å². The van der Waals surface area contributed by atoms with Gasteiger partial charge in [-0.25, -0.2) is 0 Å². The fourth-order valence-corrected chi connectivity index (χ4v) is 2.50. The molecule has 6 heteroatoms. The number of anilines is 1. The SMILES string of the molecule is CCOc1ccccc1NC(=O)Cc1cc(-c2ccc(OC)cc2)on1. The summed E-state index contributed by atoms with van der Waals surface area (Å²) in [5, 5.41) is 6.82. The summed E-state index contributed by atoms with van der Waals surface area (Å²) in [4.78, 5) is 12.3. The van der Waals surface area contributed by atoms with Crippen LogP contribution in [0.1, 0.15) is 12.6 Å². The summed E-state index contributed by atoms with van der Waals surface area (Å²) in [6, 6.07) is 16.5. The van der Waals surface area contributed by atoms with E-state index >= 15 is 0 Å². The second kappa shape index (κ2) is 8.20. The van der Waals surface area contributed by atoms with E-state index in [-0.39, 0.29) is 12.3 Å². The zero-order valence-corrected chi connectivity index (χ0v) is 14.7. The van der Waals surface area contributed by atoms with Gasteiger partial charge in [0.2, 0.25) is 5.91 Å². The van der Waals surface area contributed by atoms with Crippen molar-refractivity contribution in [3.63, 3.8) is 0 Å². The lowest BCUT2D eigenvalue weighted by molar-refractivity contribution is -0.115. The van der Waals surface area contributed by atoms with Gasteiger partial charge < -0.3 is 19.3 Å². The summed E-state index contributed by atoms with van der Waals surface area (Å²) < 4.78 is 16.0. The molecule has 0 unspecified atom stereocenters. The van der Waals surface area contributed by atoms with Crippen molar-refractivity contribution in [3.8, 4) is 22.8 Å². The number of methoxy groups -OCH3 is 1. The first-order chi connectivity index (χ1) is 12.7. The Morgan fingerprint density at radius 2 is 1.92 bits per heavy atom. The van der Waals surface area contributed by atoms with Crippen LogP contribution in [0.3, 0.4) is 0 Å². The molecule has 0 atom stereocenters. The Balaban J connectivity index is 1.66. The second-order valence-corrected chi connectivity index (χ2v) is 5.57. The number of rotatable bonds is 7. The van der Waals surface area contributed by atoms with Crippen LogP contribution < -0.4 is 14.8 Å². The standard InChI is InChI=1S/C20H20N2O4/c1-3-25-18-7-5-4-6-17(18)21-20(23)13-15-12-19(26-22-15)14-8-10-16(24-2)11-9-14/h4-12H,3,13H2,1-2H3,(H,21,23). The minimum atomic E-state index is -0.188. The first-order valence-electron chi connectivity index (χ1n) is 8.31. The molecule has 134 valence electrons. The van der Waals surface area contributed by atoms with Crippen molar-refractivity contribution in [1.82, 2.24) is 5.16 Å². The van der Waals surface area contributed by atoms with Crippen molar-refractivity contribution in [2.24, 2.45) is 0 Å². The van der Waals surface area contributed by atoms with Crippen molar-refractivity contribution < 1.29 is 18.8 Å². The molecule has 3 rings (SSSR count). The van der Waals surface area contributed by atoms with Crippen molar-refractivity contribution in [2.45, 2.75) is 13.3 Å². The summed E-state index contributed by atoms with van der Waals surface area (Å²) in [6.45, 7) is 2.43. The number of nitrogens with one attached hydrogen (secondary N) is 1. The van der Waals surface area contributed by atoms with Crippen LogP contribution in [0.15, 0.2) is 59.1 Å². The number of aromatic nitrogens is 1. The minimum absolute atomic E-state index is 0.111. The summed E-state index contributed by atoms with van der Waals surface area (Å²) in [6.07, 6.45) is 0.111. The van der Waals surface area contributed by atoms with Crippen molar-refractivity contribution in [1.29, 1.82) is 0 Å². The third-order valence-electron chi connectivity index (χ3n) is 3.74. The van der Waals surface area contributed by atoms with Gasteiger partial charge in [-0.15, -0.1) is 0 Å². The molecule has 0 fully saturated rings.